The summed E-state index contributed by atoms with van der Waals surface area (Å²) in [5.74, 6) is 3.03. The Bertz CT molecular complexity index is 4340. The lowest BCUT2D eigenvalue weighted by atomic mass is 9.96. The van der Waals surface area contributed by atoms with Crippen LogP contribution in [0.5, 0.6) is 23.0 Å². The number of hydrogen-bond acceptors (Lipinski definition) is 8. The van der Waals surface area contributed by atoms with Crippen molar-refractivity contribution in [1.82, 2.24) is 9.97 Å². The quantitative estimate of drug-likeness (QED) is 0.0552. The summed E-state index contributed by atoms with van der Waals surface area (Å²) in [6, 6.07) is 105. The van der Waals surface area contributed by atoms with E-state index in [0.717, 1.165) is 146 Å². The molecule has 0 aliphatic heterocycles. The third-order valence-electron chi connectivity index (χ3n) is 16.2. The maximum atomic E-state index is 6.26. The number of fused-ring (bicyclic) bond motifs is 6. The first-order chi connectivity index (χ1) is 44.4. The number of benzene rings is 13. The molecule has 13 aromatic carbocycles. The van der Waals surface area contributed by atoms with E-state index >= 15 is 0 Å². The minimum Gasteiger partial charge on any atom is -0.490 e. The monoisotopic (exact) mass is 1170 g/mol. The lowest BCUT2D eigenvalue weighted by Gasteiger charge is -2.25. The van der Waals surface area contributed by atoms with Gasteiger partial charge in [0, 0.05) is 56.0 Å². The number of hydrogen-bond donors (Lipinski definition) is 0. The SMILES string of the molecule is Cc1ccc2c3ccc(C)cc3c3nc(-c4ccc(OCCOc5ccc(-c6ccc(N(c7ccccc7)c7ccccc7)cc6)cc5)cc4)c(-c4ccc(OCCOc5ccc(-c6ccc(N(c7ccccc7)c7ccccc7)cc6)cc5)cc4)nc3c2c1. The molecule has 0 saturated heterocycles. The molecule has 8 nitrogen and oxygen atoms in total. The van der Waals surface area contributed by atoms with Crippen LogP contribution in [0.3, 0.4) is 0 Å². The molecule has 8 heteroatoms. The van der Waals surface area contributed by atoms with Gasteiger partial charge in [-0.2, -0.15) is 0 Å². The van der Waals surface area contributed by atoms with Crippen LogP contribution in [0.15, 0.2) is 303 Å². The predicted octanol–water partition coefficient (Wildman–Crippen LogP) is 21.1. The van der Waals surface area contributed by atoms with Gasteiger partial charge in [0.15, 0.2) is 0 Å². The van der Waals surface area contributed by atoms with Gasteiger partial charge in [-0.15, -0.1) is 0 Å². The van der Waals surface area contributed by atoms with Gasteiger partial charge < -0.3 is 28.7 Å². The van der Waals surface area contributed by atoms with Crippen LogP contribution in [0.4, 0.5) is 34.1 Å². The van der Waals surface area contributed by atoms with E-state index in [4.69, 9.17) is 28.9 Å². The van der Waals surface area contributed by atoms with Crippen molar-refractivity contribution in [2.75, 3.05) is 36.2 Å². The minimum atomic E-state index is 0.371. The van der Waals surface area contributed by atoms with Crippen molar-refractivity contribution >= 4 is 66.7 Å². The second-order valence-corrected chi connectivity index (χ2v) is 22.3. The highest BCUT2D eigenvalue weighted by atomic mass is 16.5. The van der Waals surface area contributed by atoms with Gasteiger partial charge in [0.2, 0.25) is 0 Å². The first-order valence-electron chi connectivity index (χ1n) is 30.5. The van der Waals surface area contributed by atoms with E-state index in [1.54, 1.807) is 0 Å². The van der Waals surface area contributed by atoms with Crippen LogP contribution in [0.25, 0.3) is 77.3 Å². The molecule has 0 amide bonds. The largest absolute Gasteiger partial charge is 0.490 e. The Labute approximate surface area is 525 Å². The Morgan fingerprint density at radius 3 is 0.767 bits per heavy atom. The Balaban J connectivity index is 0.636. The van der Waals surface area contributed by atoms with E-state index in [-0.39, 0.29) is 0 Å². The van der Waals surface area contributed by atoms with Crippen LogP contribution in [0.2, 0.25) is 0 Å². The van der Waals surface area contributed by atoms with Crippen molar-refractivity contribution in [3.8, 4) is 67.8 Å². The average Bonchev–Trinajstić information content (AvgIpc) is 0.946. The number of nitrogens with zero attached hydrogens (tertiary/aromatic N) is 4. The molecule has 0 spiro atoms. The Kier molecular flexibility index (Phi) is 16.2. The summed E-state index contributed by atoms with van der Waals surface area (Å²) in [4.78, 5) is 15.6. The van der Waals surface area contributed by atoms with E-state index < -0.39 is 0 Å². The zero-order valence-electron chi connectivity index (χ0n) is 50.1. The highest BCUT2D eigenvalue weighted by Gasteiger charge is 2.20. The van der Waals surface area contributed by atoms with Gasteiger partial charge in [-0.3, -0.25) is 0 Å². The zero-order chi connectivity index (χ0) is 60.6. The Morgan fingerprint density at radius 2 is 0.489 bits per heavy atom. The van der Waals surface area contributed by atoms with Crippen LogP contribution in [-0.4, -0.2) is 36.4 Å². The summed E-state index contributed by atoms with van der Waals surface area (Å²) in [5.41, 5.74) is 18.5. The first kappa shape index (κ1) is 56.3. The van der Waals surface area contributed by atoms with Crippen LogP contribution in [0, 0.1) is 13.8 Å². The van der Waals surface area contributed by atoms with Gasteiger partial charge in [0.05, 0.1) is 22.4 Å². The normalized spacial score (nSPS) is 11.2. The molecule has 0 aliphatic carbocycles. The Hall–Kier alpha value is -11.5. The second-order valence-electron chi connectivity index (χ2n) is 22.3. The van der Waals surface area contributed by atoms with Gasteiger partial charge >= 0.3 is 0 Å². The summed E-state index contributed by atoms with van der Waals surface area (Å²) in [5, 5.41) is 4.44. The molecule has 1 aromatic heterocycles. The predicted molar refractivity (Wildman–Crippen MR) is 370 cm³/mol. The average molecular weight is 1170 g/mol. The number of aryl methyl sites for hydroxylation is 2. The van der Waals surface area contributed by atoms with Gasteiger partial charge in [0.25, 0.3) is 0 Å². The van der Waals surface area contributed by atoms with Crippen molar-refractivity contribution in [1.29, 1.82) is 0 Å². The van der Waals surface area contributed by atoms with Crippen LogP contribution in [-0.2, 0) is 0 Å². The van der Waals surface area contributed by atoms with Gasteiger partial charge in [0.1, 0.15) is 49.4 Å². The van der Waals surface area contributed by atoms with Crippen molar-refractivity contribution in [2.45, 2.75) is 13.8 Å². The maximum Gasteiger partial charge on any atom is 0.122 e. The molecular weight excluding hydrogens is 1100 g/mol. The van der Waals surface area contributed by atoms with Gasteiger partial charge in [-0.05, 0) is 205 Å². The molecule has 1 heterocycles. The van der Waals surface area contributed by atoms with E-state index in [9.17, 15) is 0 Å². The van der Waals surface area contributed by atoms with Crippen LogP contribution >= 0.6 is 0 Å². The maximum absolute atomic E-state index is 6.26. The fourth-order valence-electron chi connectivity index (χ4n) is 11.7. The van der Waals surface area contributed by atoms with Crippen molar-refractivity contribution in [3.05, 3.63) is 314 Å². The molecule has 0 fully saturated rings. The molecule has 14 aromatic rings. The number of aromatic nitrogens is 2. The summed E-state index contributed by atoms with van der Waals surface area (Å²) >= 11 is 0. The van der Waals surface area contributed by atoms with Crippen molar-refractivity contribution in [2.24, 2.45) is 0 Å². The number of rotatable bonds is 20. The van der Waals surface area contributed by atoms with Gasteiger partial charge in [-0.25, -0.2) is 9.97 Å². The molecule has 90 heavy (non-hydrogen) atoms. The molecule has 14 rings (SSSR count). The summed E-state index contributed by atoms with van der Waals surface area (Å²) in [7, 11) is 0. The highest BCUT2D eigenvalue weighted by Crippen LogP contribution is 2.41. The molecule has 0 bridgehead atoms. The molecule has 0 N–H and O–H groups in total. The van der Waals surface area contributed by atoms with E-state index in [1.807, 2.05) is 72.8 Å². The lowest BCUT2D eigenvalue weighted by Crippen LogP contribution is -2.09. The fraction of sp³-hybridized carbons (Fsp3) is 0.0732. The summed E-state index contributed by atoms with van der Waals surface area (Å²) in [6.45, 7) is 5.76. The lowest BCUT2D eigenvalue weighted by molar-refractivity contribution is 0.217. The molecule has 0 radical (unpaired) electrons. The van der Waals surface area contributed by atoms with Crippen LogP contribution in [0.1, 0.15) is 11.1 Å². The van der Waals surface area contributed by atoms with Crippen molar-refractivity contribution in [3.63, 3.8) is 0 Å². The van der Waals surface area contributed by atoms with Gasteiger partial charge in [-0.1, -0.05) is 157 Å². The summed E-state index contributed by atoms with van der Waals surface area (Å²) < 4.78 is 24.9. The van der Waals surface area contributed by atoms with E-state index in [1.165, 1.54) is 0 Å². The number of ether oxygens (including phenoxy) is 4. The number of para-hydroxylation sites is 4. The number of anilines is 6. The minimum absolute atomic E-state index is 0.371. The first-order valence-corrected chi connectivity index (χ1v) is 30.5. The second kappa shape index (κ2) is 25.8. The van der Waals surface area contributed by atoms with E-state index in [0.29, 0.717) is 26.4 Å². The smallest absolute Gasteiger partial charge is 0.122 e. The fourth-order valence-corrected chi connectivity index (χ4v) is 11.7. The molecule has 0 saturated carbocycles. The third-order valence-corrected chi connectivity index (χ3v) is 16.2. The molecule has 0 unspecified atom stereocenters. The summed E-state index contributed by atoms with van der Waals surface area (Å²) in [6.07, 6.45) is 0. The molecule has 436 valence electrons. The zero-order valence-corrected chi connectivity index (χ0v) is 50.1. The molecule has 0 atom stereocenters. The third kappa shape index (κ3) is 12.3. The molecular formula is C82H64N4O4. The van der Waals surface area contributed by atoms with E-state index in [2.05, 4.69) is 254 Å². The highest BCUT2D eigenvalue weighted by molar-refractivity contribution is 6.23. The Morgan fingerprint density at radius 1 is 0.244 bits per heavy atom. The standard InChI is InChI=1S/C82H64N4O4/c1-57-23-49-75-76-50-24-58(2)56-78(76)82-81(77(75)55-57)83-79(63-33-45-73(46-34-63)89-53-51-87-71-41-29-61(30-42-71)59-25-37-69(38-26-59)85(65-15-7-3-8-16-65)66-17-9-4-10-18-66)80(84-82)64-35-47-74(48-36-64)90-54-52-88-72-43-31-62(32-44-72)60-27-39-70(40-28-60)86(67-19-11-5-12-20-67)68-21-13-6-14-22-68/h3-50,55-56H,51-54H2,1-2H3. The topological polar surface area (TPSA) is 69.2 Å². The molecule has 0 aliphatic rings. The van der Waals surface area contributed by atoms with Crippen molar-refractivity contribution < 1.29 is 18.9 Å². The van der Waals surface area contributed by atoms with Crippen LogP contribution < -0.4 is 28.7 Å².